The number of carbonyl (C=O) groups is 1. The van der Waals surface area contributed by atoms with Gasteiger partial charge in [0.25, 0.3) is 5.92 Å². The molecule has 2 rings (SSSR count). The first-order chi connectivity index (χ1) is 13.7. The molecule has 0 spiro atoms. The van der Waals surface area contributed by atoms with E-state index < -0.39 is 42.0 Å². The molecule has 1 aliphatic rings. The monoisotopic (exact) mass is 410 g/mol. The molecular formula is C22H28F2O5. The number of aliphatic hydroxyl groups excluding tert-OH is 2. The third-order valence-corrected chi connectivity index (χ3v) is 5.32. The van der Waals surface area contributed by atoms with E-state index in [1.807, 2.05) is 0 Å². The first-order valence-electron chi connectivity index (χ1n) is 9.67. The molecule has 0 radical (unpaired) electrons. The zero-order chi connectivity index (χ0) is 21.5. The number of carboxylic acids is 1. The Morgan fingerprint density at radius 1 is 1.21 bits per heavy atom. The number of hydrogen-bond donors (Lipinski definition) is 3. The maximum absolute atomic E-state index is 14.4. The first kappa shape index (κ1) is 23.0. The summed E-state index contributed by atoms with van der Waals surface area (Å²) >= 11 is 0. The van der Waals surface area contributed by atoms with Crippen LogP contribution in [0.3, 0.4) is 0 Å². The molecule has 4 atom stereocenters. The van der Waals surface area contributed by atoms with Gasteiger partial charge in [-0.15, -0.1) is 0 Å². The molecule has 1 aromatic rings. The number of aliphatic carboxylic acids is 1. The fraction of sp³-hybridized carbons (Fsp3) is 0.500. The summed E-state index contributed by atoms with van der Waals surface area (Å²) in [6.45, 7) is 0.843. The molecule has 7 heteroatoms. The van der Waals surface area contributed by atoms with Gasteiger partial charge in [-0.3, -0.25) is 4.79 Å². The maximum atomic E-state index is 14.4. The van der Waals surface area contributed by atoms with Crippen molar-refractivity contribution in [1.82, 2.24) is 0 Å². The molecule has 1 fully saturated rings. The molecule has 1 aliphatic carbocycles. The highest BCUT2D eigenvalue weighted by Gasteiger charge is 2.51. The number of para-hydroxylation sites is 1. The minimum absolute atomic E-state index is 0.0324. The number of ether oxygens (including phenoxy) is 1. The van der Waals surface area contributed by atoms with Gasteiger partial charge in [-0.05, 0) is 50.8 Å². The van der Waals surface area contributed by atoms with Crippen LogP contribution < -0.4 is 4.74 Å². The van der Waals surface area contributed by atoms with Crippen LogP contribution in [-0.4, -0.2) is 46.0 Å². The van der Waals surface area contributed by atoms with Crippen molar-refractivity contribution < 1.29 is 33.6 Å². The largest absolute Gasteiger partial charge is 0.487 e. The van der Waals surface area contributed by atoms with Crippen LogP contribution in [0.25, 0.3) is 0 Å². The number of rotatable bonds is 10. The van der Waals surface area contributed by atoms with Crippen molar-refractivity contribution >= 4 is 5.97 Å². The number of benzene rings is 1. The van der Waals surface area contributed by atoms with Gasteiger partial charge in [-0.25, -0.2) is 0 Å². The number of hydrogen-bond acceptors (Lipinski definition) is 4. The van der Waals surface area contributed by atoms with Gasteiger partial charge >= 0.3 is 5.97 Å². The lowest BCUT2D eigenvalue weighted by atomic mass is 9.69. The van der Waals surface area contributed by atoms with Gasteiger partial charge in [0.1, 0.15) is 5.75 Å². The van der Waals surface area contributed by atoms with Gasteiger partial charge < -0.3 is 20.1 Å². The standard InChI is InChI=1S/C22H28F2O5/c1-2-3-7-10-21(20(27)28,18-13-16(25)14-19(18)26)11-12-22(23,24)15-29-17-8-5-4-6-9-17/h2-6,8-9,11-12,16,18-19,25-26H,7,10,13-15H2,1H3,(H,27,28). The first-order valence-corrected chi connectivity index (χ1v) is 9.67. The highest BCUT2D eigenvalue weighted by atomic mass is 19.3. The minimum atomic E-state index is -3.40. The van der Waals surface area contributed by atoms with E-state index in [2.05, 4.69) is 0 Å². The quantitative estimate of drug-likeness (QED) is 0.511. The maximum Gasteiger partial charge on any atom is 0.313 e. The Morgan fingerprint density at radius 3 is 2.45 bits per heavy atom. The second-order valence-corrected chi connectivity index (χ2v) is 7.45. The fourth-order valence-electron chi connectivity index (χ4n) is 3.78. The second kappa shape index (κ2) is 9.98. The Bertz CT molecular complexity index is 719. The Hall–Kier alpha value is -2.25. The fourth-order valence-corrected chi connectivity index (χ4v) is 3.78. The van der Waals surface area contributed by atoms with Crippen LogP contribution in [0.5, 0.6) is 5.75 Å². The smallest absolute Gasteiger partial charge is 0.313 e. The van der Waals surface area contributed by atoms with Crippen molar-refractivity contribution in [3.63, 3.8) is 0 Å². The average molecular weight is 410 g/mol. The van der Waals surface area contributed by atoms with E-state index in [1.165, 1.54) is 0 Å². The summed E-state index contributed by atoms with van der Waals surface area (Å²) in [4.78, 5) is 12.2. The van der Waals surface area contributed by atoms with Crippen molar-refractivity contribution in [2.24, 2.45) is 11.3 Å². The molecule has 0 saturated heterocycles. The Labute approximate surface area is 169 Å². The van der Waals surface area contributed by atoms with Crippen molar-refractivity contribution in [3.05, 3.63) is 54.6 Å². The zero-order valence-electron chi connectivity index (χ0n) is 16.4. The van der Waals surface area contributed by atoms with E-state index in [4.69, 9.17) is 4.74 Å². The third kappa shape index (κ3) is 6.11. The molecule has 29 heavy (non-hydrogen) atoms. The summed E-state index contributed by atoms with van der Waals surface area (Å²) in [6.07, 6.45) is 3.56. The van der Waals surface area contributed by atoms with Crippen LogP contribution in [0.2, 0.25) is 0 Å². The zero-order valence-corrected chi connectivity index (χ0v) is 16.4. The number of alkyl halides is 2. The number of allylic oxidation sites excluding steroid dienone is 2. The van der Waals surface area contributed by atoms with Gasteiger partial charge in [0.05, 0.1) is 17.6 Å². The minimum Gasteiger partial charge on any atom is -0.487 e. The lowest BCUT2D eigenvalue weighted by molar-refractivity contribution is -0.151. The third-order valence-electron chi connectivity index (χ3n) is 5.32. The van der Waals surface area contributed by atoms with Gasteiger partial charge in [0.2, 0.25) is 0 Å². The van der Waals surface area contributed by atoms with Gasteiger partial charge in [-0.2, -0.15) is 8.78 Å². The van der Waals surface area contributed by atoms with E-state index in [9.17, 15) is 28.9 Å². The Balaban J connectivity index is 2.25. The van der Waals surface area contributed by atoms with Gasteiger partial charge in [0, 0.05) is 5.92 Å². The molecule has 5 nitrogen and oxygen atoms in total. The highest BCUT2D eigenvalue weighted by Crippen LogP contribution is 2.45. The molecule has 3 N–H and O–H groups in total. The molecule has 4 unspecified atom stereocenters. The summed E-state index contributed by atoms with van der Waals surface area (Å²) in [5.41, 5.74) is -1.72. The molecule has 160 valence electrons. The molecular weight excluding hydrogens is 382 g/mol. The molecule has 1 aromatic carbocycles. The van der Waals surface area contributed by atoms with Crippen molar-refractivity contribution in [2.75, 3.05) is 6.61 Å². The topological polar surface area (TPSA) is 87.0 Å². The van der Waals surface area contributed by atoms with Gasteiger partial charge in [-0.1, -0.05) is 36.4 Å². The van der Waals surface area contributed by atoms with Crippen LogP contribution >= 0.6 is 0 Å². The lowest BCUT2D eigenvalue weighted by Gasteiger charge is -2.34. The summed E-state index contributed by atoms with van der Waals surface area (Å²) in [5, 5.41) is 30.1. The summed E-state index contributed by atoms with van der Waals surface area (Å²) in [7, 11) is 0. The van der Waals surface area contributed by atoms with Crippen LogP contribution in [-0.2, 0) is 4.79 Å². The van der Waals surface area contributed by atoms with Crippen LogP contribution in [0, 0.1) is 11.3 Å². The van der Waals surface area contributed by atoms with Crippen LogP contribution in [0.4, 0.5) is 8.78 Å². The van der Waals surface area contributed by atoms with E-state index >= 15 is 0 Å². The SMILES string of the molecule is CC=CCCC(C=CC(F)(F)COc1ccccc1)(C(=O)O)C1CC(O)CC1O. The molecule has 0 bridgehead atoms. The summed E-state index contributed by atoms with van der Waals surface area (Å²) < 4.78 is 34.0. The Kier molecular flexibility index (Phi) is 7.93. The van der Waals surface area contributed by atoms with Crippen molar-refractivity contribution in [1.29, 1.82) is 0 Å². The lowest BCUT2D eigenvalue weighted by Crippen LogP contribution is -2.41. The molecule has 0 amide bonds. The number of halogens is 2. The second-order valence-electron chi connectivity index (χ2n) is 7.45. The van der Waals surface area contributed by atoms with Crippen molar-refractivity contribution in [3.8, 4) is 5.75 Å². The normalized spacial score (nSPS) is 24.8. The number of carboxylic acid groups (broad SMARTS) is 1. The van der Waals surface area contributed by atoms with E-state index in [0.29, 0.717) is 12.5 Å². The van der Waals surface area contributed by atoms with E-state index in [0.717, 1.165) is 6.08 Å². The molecule has 0 aliphatic heterocycles. The Morgan fingerprint density at radius 2 is 1.90 bits per heavy atom. The predicted molar refractivity (Wildman–Crippen MR) is 105 cm³/mol. The molecule has 1 saturated carbocycles. The highest BCUT2D eigenvalue weighted by molar-refractivity contribution is 5.78. The molecule has 0 heterocycles. The molecule has 0 aromatic heterocycles. The number of aliphatic hydroxyl groups is 2. The summed E-state index contributed by atoms with van der Waals surface area (Å²) in [5.74, 6) is -5.27. The van der Waals surface area contributed by atoms with Crippen LogP contribution in [0.1, 0.15) is 32.6 Å². The predicted octanol–water partition coefficient (Wildman–Crippen LogP) is 3.82. The van der Waals surface area contributed by atoms with Crippen molar-refractivity contribution in [2.45, 2.75) is 50.7 Å². The summed E-state index contributed by atoms with van der Waals surface area (Å²) in [6, 6.07) is 8.15. The van der Waals surface area contributed by atoms with Crippen LogP contribution in [0.15, 0.2) is 54.6 Å². The average Bonchev–Trinajstić information content (AvgIpc) is 3.02. The van der Waals surface area contributed by atoms with Gasteiger partial charge in [0.15, 0.2) is 6.61 Å². The van der Waals surface area contributed by atoms with E-state index in [1.54, 1.807) is 49.4 Å². The van der Waals surface area contributed by atoms with E-state index in [-0.39, 0.29) is 25.0 Å².